The van der Waals surface area contributed by atoms with Gasteiger partial charge in [-0.2, -0.15) is 4.74 Å². The lowest BCUT2D eigenvalue weighted by Crippen LogP contribution is -2.60. The summed E-state index contributed by atoms with van der Waals surface area (Å²) in [5, 5.41) is 39.5. The summed E-state index contributed by atoms with van der Waals surface area (Å²) in [6.07, 6.45) is 2.63. The number of thiophene rings is 1. The van der Waals surface area contributed by atoms with E-state index in [0.717, 1.165) is 27.5 Å². The molecule has 0 amide bonds. The maximum Gasteiger partial charge on any atom is 0.293 e. The van der Waals surface area contributed by atoms with E-state index in [1.54, 1.807) is 0 Å². The molecule has 1 saturated carbocycles. The minimum atomic E-state index is -1.28. The molecule has 1 aromatic heterocycles. The van der Waals surface area contributed by atoms with Crippen molar-refractivity contribution in [2.45, 2.75) is 50.7 Å². The van der Waals surface area contributed by atoms with E-state index in [1.807, 2.05) is 31.4 Å². The molecule has 1 fully saturated rings. The Kier molecular flexibility index (Phi) is 3.31. The lowest BCUT2D eigenvalue weighted by atomic mass is 9.86. The molecule has 1 aliphatic heterocycles. The SMILES string of the molecule is CC1(C)C(c2cccs2)=[N+]([O-])C2(CCCC/C2=N\O)N1O. The number of hydrogen-bond acceptors (Lipinski definition) is 6. The van der Waals surface area contributed by atoms with Gasteiger partial charge in [0.25, 0.3) is 5.66 Å². The molecule has 0 radical (unpaired) electrons. The van der Waals surface area contributed by atoms with Gasteiger partial charge in [-0.1, -0.05) is 11.2 Å². The number of nitrogens with zero attached hydrogens (tertiary/aromatic N) is 3. The second kappa shape index (κ2) is 4.79. The summed E-state index contributed by atoms with van der Waals surface area (Å²) in [5.74, 6) is 0. The number of oxime groups is 1. The summed E-state index contributed by atoms with van der Waals surface area (Å²) >= 11 is 1.47. The van der Waals surface area contributed by atoms with Gasteiger partial charge in [0.2, 0.25) is 5.71 Å². The van der Waals surface area contributed by atoms with Crippen LogP contribution in [0.25, 0.3) is 0 Å². The maximum absolute atomic E-state index is 13.1. The standard InChI is InChI=1S/C14H19N3O3S/c1-13(2)12(10-6-5-9-21-10)16(19)14(17(13)20)8-4-3-7-11(14)15-18/h5-6,9,18,20H,3-4,7-8H2,1-2H3/b15-11+. The van der Waals surface area contributed by atoms with Crippen LogP contribution >= 0.6 is 11.3 Å². The average Bonchev–Trinajstić information content (AvgIpc) is 3.03. The van der Waals surface area contributed by atoms with Gasteiger partial charge in [-0.25, -0.2) is 0 Å². The van der Waals surface area contributed by atoms with Crippen molar-refractivity contribution in [3.8, 4) is 0 Å². The van der Waals surface area contributed by atoms with Crippen LogP contribution in [0.3, 0.4) is 0 Å². The van der Waals surface area contributed by atoms with Gasteiger partial charge in [-0.3, -0.25) is 0 Å². The molecule has 1 aliphatic carbocycles. The van der Waals surface area contributed by atoms with Gasteiger partial charge in [0, 0.05) is 6.42 Å². The van der Waals surface area contributed by atoms with Gasteiger partial charge in [0.15, 0.2) is 0 Å². The Hall–Kier alpha value is -1.44. The zero-order valence-electron chi connectivity index (χ0n) is 12.1. The van der Waals surface area contributed by atoms with Gasteiger partial charge in [-0.05, 0) is 44.6 Å². The zero-order chi connectivity index (χ0) is 15.3. The van der Waals surface area contributed by atoms with Crippen molar-refractivity contribution >= 4 is 22.8 Å². The van der Waals surface area contributed by atoms with Gasteiger partial charge in [0.05, 0.1) is 4.88 Å². The van der Waals surface area contributed by atoms with Crippen LogP contribution in [-0.2, 0) is 0 Å². The summed E-state index contributed by atoms with van der Waals surface area (Å²) in [5.41, 5.74) is -1.27. The van der Waals surface area contributed by atoms with Crippen LogP contribution in [0.15, 0.2) is 22.7 Å². The first-order valence-corrected chi connectivity index (χ1v) is 7.93. The Morgan fingerprint density at radius 3 is 2.81 bits per heavy atom. The van der Waals surface area contributed by atoms with Crippen molar-refractivity contribution in [2.24, 2.45) is 5.16 Å². The highest BCUT2D eigenvalue weighted by Gasteiger charge is 2.65. The van der Waals surface area contributed by atoms with Gasteiger partial charge >= 0.3 is 0 Å². The van der Waals surface area contributed by atoms with Gasteiger partial charge < -0.3 is 15.6 Å². The highest BCUT2D eigenvalue weighted by molar-refractivity contribution is 7.12. The maximum atomic E-state index is 13.1. The fraction of sp³-hybridized carbons (Fsp3) is 0.571. The molecule has 0 bridgehead atoms. The average molecular weight is 309 g/mol. The third kappa shape index (κ3) is 1.77. The Labute approximate surface area is 127 Å². The smallest absolute Gasteiger partial charge is 0.293 e. The normalized spacial score (nSPS) is 31.5. The Bertz CT molecular complexity index is 609. The van der Waals surface area contributed by atoms with Crippen molar-refractivity contribution in [1.82, 2.24) is 5.06 Å². The van der Waals surface area contributed by atoms with E-state index in [9.17, 15) is 15.6 Å². The molecule has 21 heavy (non-hydrogen) atoms. The number of rotatable bonds is 1. The molecule has 1 unspecified atom stereocenters. The minimum Gasteiger partial charge on any atom is -0.622 e. The molecule has 7 heteroatoms. The summed E-state index contributed by atoms with van der Waals surface area (Å²) in [4.78, 5) is 0.828. The second-order valence-electron chi connectivity index (χ2n) is 6.06. The molecule has 2 aliphatic rings. The molecule has 1 spiro atoms. The van der Waals surface area contributed by atoms with Crippen LogP contribution in [0.1, 0.15) is 44.4 Å². The van der Waals surface area contributed by atoms with E-state index in [1.165, 1.54) is 11.3 Å². The fourth-order valence-corrected chi connectivity index (χ4v) is 4.39. The van der Waals surface area contributed by atoms with Crippen LogP contribution in [0, 0.1) is 5.21 Å². The van der Waals surface area contributed by atoms with Gasteiger partial charge in [0.1, 0.15) is 11.3 Å². The quantitative estimate of drug-likeness (QED) is 0.361. The highest BCUT2D eigenvalue weighted by atomic mass is 32.1. The predicted molar refractivity (Wildman–Crippen MR) is 80.2 cm³/mol. The minimum absolute atomic E-state index is 0.339. The van der Waals surface area contributed by atoms with E-state index < -0.39 is 11.2 Å². The predicted octanol–water partition coefficient (Wildman–Crippen LogP) is 2.63. The largest absolute Gasteiger partial charge is 0.622 e. The Balaban J connectivity index is 2.23. The Morgan fingerprint density at radius 1 is 1.43 bits per heavy atom. The van der Waals surface area contributed by atoms with Crippen molar-refractivity contribution < 1.29 is 15.2 Å². The van der Waals surface area contributed by atoms with E-state index in [2.05, 4.69) is 5.16 Å². The number of hydroxylamine groups is 3. The van der Waals surface area contributed by atoms with Crippen molar-refractivity contribution in [3.05, 3.63) is 27.6 Å². The second-order valence-corrected chi connectivity index (χ2v) is 7.01. The third-order valence-electron chi connectivity index (χ3n) is 4.52. The first-order valence-electron chi connectivity index (χ1n) is 7.05. The lowest BCUT2D eigenvalue weighted by Gasteiger charge is -2.38. The number of hydrogen-bond donors (Lipinski definition) is 2. The summed E-state index contributed by atoms with van der Waals surface area (Å²) in [6, 6.07) is 3.75. The monoisotopic (exact) mass is 309 g/mol. The Morgan fingerprint density at radius 2 is 2.19 bits per heavy atom. The molecule has 1 atom stereocenters. The lowest BCUT2D eigenvalue weighted by molar-refractivity contribution is -0.568. The molecule has 2 N–H and O–H groups in total. The molecule has 0 aromatic carbocycles. The third-order valence-corrected chi connectivity index (χ3v) is 5.40. The molecule has 2 heterocycles. The zero-order valence-corrected chi connectivity index (χ0v) is 12.9. The molecule has 3 rings (SSSR count). The van der Waals surface area contributed by atoms with Crippen LogP contribution in [-0.4, -0.2) is 42.8 Å². The molecular formula is C14H19N3O3S. The summed E-state index contributed by atoms with van der Waals surface area (Å²) in [6.45, 7) is 3.62. The fourth-order valence-electron chi connectivity index (χ4n) is 3.48. The highest BCUT2D eigenvalue weighted by Crippen LogP contribution is 2.42. The van der Waals surface area contributed by atoms with Crippen molar-refractivity contribution in [1.29, 1.82) is 0 Å². The molecule has 1 aromatic rings. The van der Waals surface area contributed by atoms with Crippen molar-refractivity contribution in [3.63, 3.8) is 0 Å². The molecule has 114 valence electrons. The first kappa shape index (κ1) is 14.5. The summed E-state index contributed by atoms with van der Waals surface area (Å²) < 4.78 is 0.854. The van der Waals surface area contributed by atoms with E-state index in [0.29, 0.717) is 24.3 Å². The van der Waals surface area contributed by atoms with E-state index in [-0.39, 0.29) is 0 Å². The topological polar surface area (TPSA) is 82.1 Å². The molecular weight excluding hydrogens is 290 g/mol. The van der Waals surface area contributed by atoms with Crippen LogP contribution < -0.4 is 0 Å². The summed E-state index contributed by atoms with van der Waals surface area (Å²) in [7, 11) is 0. The van der Waals surface area contributed by atoms with E-state index in [4.69, 9.17) is 0 Å². The van der Waals surface area contributed by atoms with Crippen LogP contribution in [0.4, 0.5) is 0 Å². The van der Waals surface area contributed by atoms with E-state index >= 15 is 0 Å². The molecule has 6 nitrogen and oxygen atoms in total. The van der Waals surface area contributed by atoms with Crippen LogP contribution in [0.2, 0.25) is 0 Å². The van der Waals surface area contributed by atoms with Crippen molar-refractivity contribution in [2.75, 3.05) is 0 Å². The molecule has 0 saturated heterocycles. The van der Waals surface area contributed by atoms with Gasteiger partial charge in [-0.15, -0.1) is 16.4 Å². The first-order chi connectivity index (χ1) is 9.96. The van der Waals surface area contributed by atoms with Crippen LogP contribution in [0.5, 0.6) is 0 Å².